The van der Waals surface area contributed by atoms with Gasteiger partial charge in [-0.15, -0.1) is 0 Å². The second-order valence-corrected chi connectivity index (χ2v) is 3.43. The highest BCUT2D eigenvalue weighted by atomic mass is 16.3. The molecule has 0 amide bonds. The van der Waals surface area contributed by atoms with Gasteiger partial charge in [-0.2, -0.15) is 0 Å². The molecule has 0 bridgehead atoms. The van der Waals surface area contributed by atoms with Crippen molar-refractivity contribution in [1.82, 2.24) is 9.97 Å². The molecular formula is C8H13N3O2. The van der Waals surface area contributed by atoms with Crippen molar-refractivity contribution in [3.63, 3.8) is 0 Å². The molecule has 0 fully saturated rings. The molecule has 0 saturated heterocycles. The van der Waals surface area contributed by atoms with E-state index in [1.807, 2.05) is 0 Å². The normalized spacial score (nSPS) is 11.3. The van der Waals surface area contributed by atoms with Gasteiger partial charge in [0.2, 0.25) is 0 Å². The van der Waals surface area contributed by atoms with E-state index in [-0.39, 0.29) is 17.9 Å². The van der Waals surface area contributed by atoms with E-state index in [0.29, 0.717) is 0 Å². The quantitative estimate of drug-likeness (QED) is 0.614. The van der Waals surface area contributed by atoms with E-state index >= 15 is 0 Å². The zero-order valence-electron chi connectivity index (χ0n) is 7.66. The Morgan fingerprint density at radius 3 is 2.92 bits per heavy atom. The third kappa shape index (κ3) is 3.25. The summed E-state index contributed by atoms with van der Waals surface area (Å²) in [6, 6.07) is 0. The number of rotatable bonds is 3. The minimum atomic E-state index is -0.857. The first kappa shape index (κ1) is 9.73. The van der Waals surface area contributed by atoms with Crippen LogP contribution in [0.15, 0.2) is 17.2 Å². The molecule has 1 rings (SSSR count). The number of hydrogen-bond donors (Lipinski definition) is 3. The molecule has 0 radical (unpaired) electrons. The first-order valence-electron chi connectivity index (χ1n) is 3.99. The molecule has 0 unspecified atom stereocenters. The molecule has 1 aromatic rings. The van der Waals surface area contributed by atoms with Gasteiger partial charge in [-0.05, 0) is 13.8 Å². The predicted octanol–water partition coefficient (Wildman–Crippen LogP) is -0.0473. The second kappa shape index (κ2) is 3.57. The van der Waals surface area contributed by atoms with Crippen molar-refractivity contribution in [2.75, 3.05) is 11.9 Å². The third-order valence-corrected chi connectivity index (χ3v) is 1.40. The van der Waals surface area contributed by atoms with Crippen LogP contribution < -0.4 is 10.9 Å². The molecule has 3 N–H and O–H groups in total. The number of H-pyrrole nitrogens is 1. The van der Waals surface area contributed by atoms with Crippen molar-refractivity contribution in [3.05, 3.63) is 22.7 Å². The lowest BCUT2D eigenvalue weighted by Crippen LogP contribution is -2.31. The molecule has 0 aromatic carbocycles. The van der Waals surface area contributed by atoms with E-state index in [1.54, 1.807) is 13.8 Å². The van der Waals surface area contributed by atoms with Crippen LogP contribution in [-0.4, -0.2) is 27.2 Å². The van der Waals surface area contributed by atoms with Gasteiger partial charge in [0.15, 0.2) is 5.82 Å². The van der Waals surface area contributed by atoms with Gasteiger partial charge in [0.1, 0.15) is 0 Å². The average molecular weight is 183 g/mol. The van der Waals surface area contributed by atoms with Crippen molar-refractivity contribution in [3.8, 4) is 0 Å². The van der Waals surface area contributed by atoms with Gasteiger partial charge in [0.05, 0.1) is 5.60 Å². The summed E-state index contributed by atoms with van der Waals surface area (Å²) in [6.07, 6.45) is 2.94. The van der Waals surface area contributed by atoms with Crippen molar-refractivity contribution in [2.24, 2.45) is 0 Å². The number of aliphatic hydroxyl groups is 1. The van der Waals surface area contributed by atoms with Gasteiger partial charge < -0.3 is 15.4 Å². The lowest BCUT2D eigenvalue weighted by Gasteiger charge is -2.17. The van der Waals surface area contributed by atoms with Crippen LogP contribution in [0.5, 0.6) is 0 Å². The maximum atomic E-state index is 11.1. The number of aromatic nitrogens is 2. The maximum Gasteiger partial charge on any atom is 0.290 e. The molecule has 72 valence electrons. The topological polar surface area (TPSA) is 78.0 Å². The minimum absolute atomic E-state index is 0.227. The van der Waals surface area contributed by atoms with E-state index in [4.69, 9.17) is 0 Å². The fraction of sp³-hybridized carbons (Fsp3) is 0.500. The Morgan fingerprint density at radius 1 is 1.69 bits per heavy atom. The highest BCUT2D eigenvalue weighted by molar-refractivity contribution is 5.30. The first-order valence-corrected chi connectivity index (χ1v) is 3.99. The molecule has 0 atom stereocenters. The lowest BCUT2D eigenvalue weighted by atomic mass is 10.1. The van der Waals surface area contributed by atoms with Gasteiger partial charge in [-0.25, -0.2) is 4.98 Å². The standard InChI is InChI=1S/C8H13N3O2/c1-8(2,13)5-11-6-7(12)10-4-3-9-6/h3-4,13H,5H2,1-2H3,(H,9,11)(H,10,12). The second-order valence-electron chi connectivity index (χ2n) is 3.43. The van der Waals surface area contributed by atoms with Gasteiger partial charge in [0.25, 0.3) is 5.56 Å². The van der Waals surface area contributed by atoms with Crippen molar-refractivity contribution in [2.45, 2.75) is 19.4 Å². The summed E-state index contributed by atoms with van der Waals surface area (Å²) in [5, 5.41) is 12.1. The molecular weight excluding hydrogens is 170 g/mol. The molecule has 5 heteroatoms. The third-order valence-electron chi connectivity index (χ3n) is 1.40. The molecule has 5 nitrogen and oxygen atoms in total. The summed E-state index contributed by atoms with van der Waals surface area (Å²) < 4.78 is 0. The van der Waals surface area contributed by atoms with Crippen LogP contribution in [0, 0.1) is 0 Å². The van der Waals surface area contributed by atoms with E-state index < -0.39 is 5.60 Å². The summed E-state index contributed by atoms with van der Waals surface area (Å²) >= 11 is 0. The molecule has 0 spiro atoms. The zero-order valence-corrected chi connectivity index (χ0v) is 7.66. The van der Waals surface area contributed by atoms with E-state index in [1.165, 1.54) is 12.4 Å². The summed E-state index contributed by atoms with van der Waals surface area (Å²) in [5.41, 5.74) is -1.14. The van der Waals surface area contributed by atoms with Crippen LogP contribution in [0.2, 0.25) is 0 Å². The highest BCUT2D eigenvalue weighted by Crippen LogP contribution is 2.01. The van der Waals surface area contributed by atoms with Crippen LogP contribution in [0.4, 0.5) is 5.82 Å². The first-order chi connectivity index (χ1) is 5.99. The summed E-state index contributed by atoms with van der Waals surface area (Å²) in [7, 11) is 0. The van der Waals surface area contributed by atoms with Crippen molar-refractivity contribution < 1.29 is 5.11 Å². The fourth-order valence-electron chi connectivity index (χ4n) is 0.778. The number of nitrogens with zero attached hydrogens (tertiary/aromatic N) is 1. The number of hydrogen-bond acceptors (Lipinski definition) is 4. The largest absolute Gasteiger partial charge is 0.389 e. The number of anilines is 1. The van der Waals surface area contributed by atoms with Gasteiger partial charge in [0, 0.05) is 18.9 Å². The van der Waals surface area contributed by atoms with Gasteiger partial charge >= 0.3 is 0 Å². The lowest BCUT2D eigenvalue weighted by molar-refractivity contribution is 0.0944. The van der Waals surface area contributed by atoms with E-state index in [9.17, 15) is 9.90 Å². The Morgan fingerprint density at radius 2 is 2.38 bits per heavy atom. The van der Waals surface area contributed by atoms with Gasteiger partial charge in [-0.3, -0.25) is 4.79 Å². The Balaban J connectivity index is 2.66. The minimum Gasteiger partial charge on any atom is -0.389 e. The number of nitrogens with one attached hydrogen (secondary N) is 2. The molecule has 1 heterocycles. The fourth-order valence-corrected chi connectivity index (χ4v) is 0.778. The van der Waals surface area contributed by atoms with E-state index in [2.05, 4.69) is 15.3 Å². The van der Waals surface area contributed by atoms with Crippen LogP contribution in [-0.2, 0) is 0 Å². The predicted molar refractivity (Wildman–Crippen MR) is 49.6 cm³/mol. The molecule has 13 heavy (non-hydrogen) atoms. The average Bonchev–Trinajstić information content (AvgIpc) is 2.01. The van der Waals surface area contributed by atoms with E-state index in [0.717, 1.165) is 0 Å². The summed E-state index contributed by atoms with van der Waals surface area (Å²) in [5.74, 6) is 0.227. The van der Waals surface area contributed by atoms with Crippen LogP contribution in [0.3, 0.4) is 0 Å². The Hall–Kier alpha value is -1.36. The number of aromatic amines is 1. The summed E-state index contributed by atoms with van der Waals surface area (Å²) in [6.45, 7) is 3.58. The highest BCUT2D eigenvalue weighted by Gasteiger charge is 2.12. The Bertz CT molecular complexity index is 327. The van der Waals surface area contributed by atoms with Crippen molar-refractivity contribution in [1.29, 1.82) is 0 Å². The molecule has 0 saturated carbocycles. The Kier molecular flexibility index (Phi) is 2.67. The molecule has 0 aliphatic carbocycles. The van der Waals surface area contributed by atoms with Crippen LogP contribution in [0.1, 0.15) is 13.8 Å². The molecule has 1 aromatic heterocycles. The smallest absolute Gasteiger partial charge is 0.290 e. The van der Waals surface area contributed by atoms with Crippen LogP contribution in [0.25, 0.3) is 0 Å². The van der Waals surface area contributed by atoms with Gasteiger partial charge in [-0.1, -0.05) is 0 Å². The monoisotopic (exact) mass is 183 g/mol. The summed E-state index contributed by atoms with van der Waals surface area (Å²) in [4.78, 5) is 17.4. The zero-order chi connectivity index (χ0) is 9.90. The van der Waals surface area contributed by atoms with Crippen molar-refractivity contribution >= 4 is 5.82 Å². The SMILES string of the molecule is CC(C)(O)CNc1ncc[nH]c1=O. The molecule has 0 aliphatic rings. The molecule has 0 aliphatic heterocycles. The van der Waals surface area contributed by atoms with Crippen LogP contribution >= 0.6 is 0 Å². The maximum absolute atomic E-state index is 11.1. The Labute approximate surface area is 75.8 Å².